The van der Waals surface area contributed by atoms with Crippen molar-refractivity contribution in [3.63, 3.8) is 0 Å². The van der Waals surface area contributed by atoms with E-state index in [0.29, 0.717) is 0 Å². The van der Waals surface area contributed by atoms with E-state index in [1.165, 1.54) is 12.1 Å². The van der Waals surface area contributed by atoms with Gasteiger partial charge in [-0.25, -0.2) is 0 Å². The van der Waals surface area contributed by atoms with Gasteiger partial charge in [-0.1, -0.05) is 35.3 Å². The third-order valence-corrected chi connectivity index (χ3v) is 2.42. The van der Waals surface area contributed by atoms with Crippen LogP contribution in [0.25, 0.3) is 0 Å². The van der Waals surface area contributed by atoms with E-state index >= 15 is 0 Å². The van der Waals surface area contributed by atoms with Gasteiger partial charge in [0.1, 0.15) is 0 Å². The monoisotopic (exact) mass is 244 g/mol. The predicted octanol–water partition coefficient (Wildman–Crippen LogP) is 3.59. The second kappa shape index (κ2) is 3.96. The van der Waals surface area contributed by atoms with Crippen molar-refractivity contribution in [1.82, 2.24) is 0 Å². The summed E-state index contributed by atoms with van der Waals surface area (Å²) in [5.74, 6) is 0. The van der Waals surface area contributed by atoms with Gasteiger partial charge in [0.2, 0.25) is 0 Å². The topological polar surface area (TPSA) is 20.2 Å². The fourth-order valence-electron chi connectivity index (χ4n) is 0.908. The molecule has 0 fully saturated rings. The lowest BCUT2D eigenvalue weighted by Gasteiger charge is -2.16. The molecule has 1 atom stereocenters. The Hall–Kier alpha value is -0.450. The van der Waals surface area contributed by atoms with Gasteiger partial charge in [-0.2, -0.15) is 13.2 Å². The third kappa shape index (κ3) is 2.32. The Morgan fingerprint density at radius 1 is 1.21 bits per heavy atom. The predicted molar refractivity (Wildman–Crippen MR) is 47.5 cm³/mol. The minimum Gasteiger partial charge on any atom is -0.379 e. The number of rotatable bonds is 1. The van der Waals surface area contributed by atoms with Gasteiger partial charge in [0, 0.05) is 5.56 Å². The molecule has 0 saturated carbocycles. The number of aliphatic hydroxyl groups is 1. The molecule has 1 rings (SSSR count). The van der Waals surface area contributed by atoms with Crippen LogP contribution in [0.15, 0.2) is 18.2 Å². The summed E-state index contributed by atoms with van der Waals surface area (Å²) in [5.41, 5.74) is -0.438. The lowest BCUT2D eigenvalue weighted by atomic mass is 10.1. The highest BCUT2D eigenvalue weighted by Crippen LogP contribution is 2.38. The first-order valence-corrected chi connectivity index (χ1v) is 4.28. The van der Waals surface area contributed by atoms with E-state index in [1.807, 2.05) is 0 Å². The molecule has 1 nitrogen and oxygen atoms in total. The molecule has 0 aromatic heterocycles. The molecule has 0 unspecified atom stereocenters. The summed E-state index contributed by atoms with van der Waals surface area (Å²) in [6.45, 7) is 0. The molecular weight excluding hydrogens is 240 g/mol. The van der Waals surface area contributed by atoms with Crippen molar-refractivity contribution in [3.05, 3.63) is 33.8 Å². The summed E-state index contributed by atoms with van der Waals surface area (Å²) in [7, 11) is 0. The first kappa shape index (κ1) is 11.6. The first-order valence-electron chi connectivity index (χ1n) is 3.52. The van der Waals surface area contributed by atoms with Gasteiger partial charge in [-0.3, -0.25) is 0 Å². The fourth-order valence-corrected chi connectivity index (χ4v) is 1.32. The smallest absolute Gasteiger partial charge is 0.379 e. The van der Waals surface area contributed by atoms with Crippen LogP contribution in [0, 0.1) is 0 Å². The second-order valence-corrected chi connectivity index (χ2v) is 3.37. The Kier molecular flexibility index (Phi) is 3.29. The summed E-state index contributed by atoms with van der Waals surface area (Å²) in [6, 6.07) is 3.71. The highest BCUT2D eigenvalue weighted by molar-refractivity contribution is 6.42. The molecule has 14 heavy (non-hydrogen) atoms. The van der Waals surface area contributed by atoms with E-state index in [9.17, 15) is 13.2 Å². The van der Waals surface area contributed by atoms with Crippen LogP contribution < -0.4 is 0 Å². The second-order valence-electron chi connectivity index (χ2n) is 2.59. The minimum absolute atomic E-state index is 0.0209. The van der Waals surface area contributed by atoms with Gasteiger partial charge in [0.25, 0.3) is 0 Å². The molecule has 1 aromatic carbocycles. The Balaban J connectivity index is 3.14. The van der Waals surface area contributed by atoms with Crippen LogP contribution in [-0.4, -0.2) is 11.3 Å². The quantitative estimate of drug-likeness (QED) is 0.801. The average molecular weight is 245 g/mol. The van der Waals surface area contributed by atoms with E-state index in [4.69, 9.17) is 28.3 Å². The maximum absolute atomic E-state index is 12.1. The summed E-state index contributed by atoms with van der Waals surface area (Å²) < 4.78 is 36.3. The lowest BCUT2D eigenvalue weighted by molar-refractivity contribution is -0.206. The maximum atomic E-state index is 12.1. The molecular formula is C8H5Cl2F3O. The number of halogens is 5. The molecule has 0 aliphatic carbocycles. The van der Waals surface area contributed by atoms with Crippen molar-refractivity contribution in [3.8, 4) is 0 Å². The third-order valence-electron chi connectivity index (χ3n) is 1.59. The van der Waals surface area contributed by atoms with Crippen LogP contribution in [0.3, 0.4) is 0 Å². The number of hydrogen-bond acceptors (Lipinski definition) is 1. The molecule has 0 saturated heterocycles. The number of aliphatic hydroxyl groups excluding tert-OH is 1. The molecule has 78 valence electrons. The Bertz CT molecular complexity index is 338. The molecule has 0 spiro atoms. The summed E-state index contributed by atoms with van der Waals surface area (Å²) >= 11 is 11.0. The van der Waals surface area contributed by atoms with Crippen molar-refractivity contribution in [2.24, 2.45) is 0 Å². The standard InChI is InChI=1S/C8H5Cl2F3O/c9-5-3-1-2-4(6(5)10)7(14)8(11,12)13/h1-3,7,14H/t7-/m1/s1. The molecule has 0 amide bonds. The van der Waals surface area contributed by atoms with E-state index in [-0.39, 0.29) is 10.0 Å². The minimum atomic E-state index is -4.74. The largest absolute Gasteiger partial charge is 0.418 e. The number of alkyl halides is 3. The number of hydrogen-bond donors (Lipinski definition) is 1. The zero-order valence-corrected chi connectivity index (χ0v) is 8.16. The van der Waals surface area contributed by atoms with Crippen LogP contribution in [0.4, 0.5) is 13.2 Å². The number of benzene rings is 1. The van der Waals surface area contributed by atoms with Crippen LogP contribution in [-0.2, 0) is 0 Å². The molecule has 0 aliphatic rings. The molecule has 0 bridgehead atoms. The maximum Gasteiger partial charge on any atom is 0.418 e. The van der Waals surface area contributed by atoms with E-state index in [0.717, 1.165) is 6.07 Å². The zero-order valence-electron chi connectivity index (χ0n) is 6.65. The van der Waals surface area contributed by atoms with Crippen molar-refractivity contribution < 1.29 is 18.3 Å². The average Bonchev–Trinajstić information content (AvgIpc) is 2.07. The zero-order chi connectivity index (χ0) is 10.9. The van der Waals surface area contributed by atoms with Crippen molar-refractivity contribution in [2.75, 3.05) is 0 Å². The normalized spacial score (nSPS) is 14.1. The van der Waals surface area contributed by atoms with Gasteiger partial charge in [-0.15, -0.1) is 0 Å². The highest BCUT2D eigenvalue weighted by atomic mass is 35.5. The summed E-state index contributed by atoms with van der Waals surface area (Å²) in [6.07, 6.45) is -7.34. The SMILES string of the molecule is O[C@H](c1cccc(Cl)c1Cl)C(F)(F)F. The van der Waals surface area contributed by atoms with Gasteiger partial charge < -0.3 is 5.11 Å². The molecule has 6 heteroatoms. The van der Waals surface area contributed by atoms with Crippen LogP contribution in [0.5, 0.6) is 0 Å². The Morgan fingerprint density at radius 3 is 2.29 bits per heavy atom. The van der Waals surface area contributed by atoms with Gasteiger partial charge in [0.15, 0.2) is 6.10 Å². The van der Waals surface area contributed by atoms with Gasteiger partial charge in [-0.05, 0) is 6.07 Å². The molecule has 0 aliphatic heterocycles. The van der Waals surface area contributed by atoms with Gasteiger partial charge >= 0.3 is 6.18 Å². The van der Waals surface area contributed by atoms with Crippen molar-refractivity contribution in [2.45, 2.75) is 12.3 Å². The molecule has 0 heterocycles. The fraction of sp³-hybridized carbons (Fsp3) is 0.250. The Labute approximate surface area is 88.1 Å². The molecule has 0 radical (unpaired) electrons. The van der Waals surface area contributed by atoms with Crippen molar-refractivity contribution in [1.29, 1.82) is 0 Å². The lowest BCUT2D eigenvalue weighted by Crippen LogP contribution is -2.20. The van der Waals surface area contributed by atoms with Crippen LogP contribution >= 0.6 is 23.2 Å². The van der Waals surface area contributed by atoms with Gasteiger partial charge in [0.05, 0.1) is 10.0 Å². The van der Waals surface area contributed by atoms with E-state index < -0.39 is 17.8 Å². The van der Waals surface area contributed by atoms with Crippen molar-refractivity contribution >= 4 is 23.2 Å². The molecule has 1 N–H and O–H groups in total. The van der Waals surface area contributed by atoms with Crippen LogP contribution in [0.1, 0.15) is 11.7 Å². The van der Waals surface area contributed by atoms with E-state index in [1.54, 1.807) is 0 Å². The van der Waals surface area contributed by atoms with Crippen LogP contribution in [0.2, 0.25) is 10.0 Å². The van der Waals surface area contributed by atoms with E-state index in [2.05, 4.69) is 0 Å². The first-order chi connectivity index (χ1) is 6.34. The summed E-state index contributed by atoms with van der Waals surface area (Å²) in [5, 5.41) is 8.59. The summed E-state index contributed by atoms with van der Waals surface area (Å²) in [4.78, 5) is 0. The highest BCUT2D eigenvalue weighted by Gasteiger charge is 2.40. The molecule has 1 aromatic rings. The Morgan fingerprint density at radius 2 is 1.79 bits per heavy atom.